The van der Waals surface area contributed by atoms with Crippen LogP contribution < -0.4 is 5.32 Å². The second kappa shape index (κ2) is 5.71. The molecule has 0 unspecified atom stereocenters. The Labute approximate surface area is 175 Å². The number of nitriles is 2. The average Bonchev–Trinajstić information content (AvgIpc) is 3.40. The summed E-state index contributed by atoms with van der Waals surface area (Å²) < 4.78 is 2.94. The molecule has 0 atom stereocenters. The van der Waals surface area contributed by atoms with Gasteiger partial charge in [0.2, 0.25) is 0 Å². The van der Waals surface area contributed by atoms with Crippen molar-refractivity contribution < 1.29 is 9.59 Å². The van der Waals surface area contributed by atoms with Crippen molar-refractivity contribution in [2.24, 2.45) is 0 Å². The first kappa shape index (κ1) is 17.3. The molecule has 0 saturated heterocycles. The molecule has 0 spiro atoms. The fraction of sp³-hybridized carbons (Fsp3) is 0.0833. The highest BCUT2D eigenvalue weighted by molar-refractivity contribution is 6.39. The summed E-state index contributed by atoms with van der Waals surface area (Å²) in [6.45, 7) is 2.00. The summed E-state index contributed by atoms with van der Waals surface area (Å²) in [4.78, 5) is 25.9. The molecule has 1 aliphatic rings. The average molecular weight is 403 g/mol. The predicted octanol–water partition coefficient (Wildman–Crippen LogP) is 4.01. The maximum atomic E-state index is 12.9. The summed E-state index contributed by atoms with van der Waals surface area (Å²) in [5.41, 5.74) is 3.71. The van der Waals surface area contributed by atoms with E-state index in [-0.39, 0.29) is 11.1 Å². The van der Waals surface area contributed by atoms with Crippen LogP contribution in [0.1, 0.15) is 33.2 Å². The van der Waals surface area contributed by atoms with Gasteiger partial charge in [0.15, 0.2) is 12.4 Å². The Morgan fingerprint density at radius 2 is 1.42 bits per heavy atom. The lowest BCUT2D eigenvalue weighted by molar-refractivity contribution is 0.0880. The Hall–Kier alpha value is -4.62. The van der Waals surface area contributed by atoms with Crippen molar-refractivity contribution >= 4 is 55.4 Å². The van der Waals surface area contributed by atoms with Crippen LogP contribution in [0, 0.1) is 22.9 Å². The molecule has 31 heavy (non-hydrogen) atoms. The zero-order valence-electron chi connectivity index (χ0n) is 16.4. The van der Waals surface area contributed by atoms with Crippen LogP contribution in [-0.2, 0) is 6.42 Å². The zero-order valence-corrected chi connectivity index (χ0v) is 16.4. The number of nitrogens with zero attached hydrogens (tertiary/aromatic N) is 4. The van der Waals surface area contributed by atoms with Gasteiger partial charge in [-0.2, -0.15) is 10.5 Å². The summed E-state index contributed by atoms with van der Waals surface area (Å²) in [7, 11) is 0. The maximum Gasteiger partial charge on any atom is 0.259 e. The van der Waals surface area contributed by atoms with Gasteiger partial charge in [0, 0.05) is 21.5 Å². The number of imide groups is 1. The number of benzene rings is 3. The van der Waals surface area contributed by atoms with Gasteiger partial charge in [-0.05, 0) is 18.1 Å². The number of hydrogen-bond acceptors (Lipinski definition) is 4. The molecule has 6 rings (SSSR count). The number of fused-ring (bicyclic) bond motifs is 10. The first-order chi connectivity index (χ1) is 15.1. The molecular weight excluding hydrogens is 390 g/mol. The van der Waals surface area contributed by atoms with E-state index in [1.165, 1.54) is 9.13 Å². The van der Waals surface area contributed by atoms with E-state index < -0.39 is 11.8 Å². The molecule has 1 N–H and O–H groups in total. The third-order valence-electron chi connectivity index (χ3n) is 6.18. The van der Waals surface area contributed by atoms with E-state index in [0.717, 1.165) is 5.56 Å². The molecule has 7 heteroatoms. The van der Waals surface area contributed by atoms with E-state index in [2.05, 4.69) is 17.7 Å². The van der Waals surface area contributed by atoms with Gasteiger partial charge in [0.05, 0.1) is 33.2 Å². The van der Waals surface area contributed by atoms with Crippen LogP contribution >= 0.6 is 0 Å². The lowest BCUT2D eigenvalue weighted by atomic mass is 9.96. The maximum absolute atomic E-state index is 12.9. The van der Waals surface area contributed by atoms with Crippen LogP contribution in [0.2, 0.25) is 0 Å². The summed E-state index contributed by atoms with van der Waals surface area (Å²) in [5, 5.41) is 25.1. The summed E-state index contributed by atoms with van der Waals surface area (Å²) in [6.07, 6.45) is 5.14. The largest absolute Gasteiger partial charge is 0.288 e. The Morgan fingerprint density at radius 1 is 0.806 bits per heavy atom. The smallest absolute Gasteiger partial charge is 0.259 e. The minimum atomic E-state index is -0.489. The van der Waals surface area contributed by atoms with Crippen LogP contribution in [0.5, 0.6) is 0 Å². The van der Waals surface area contributed by atoms with E-state index >= 15 is 0 Å². The number of rotatable bonds is 1. The normalized spacial score (nSPS) is 13.1. The molecule has 0 fully saturated rings. The minimum Gasteiger partial charge on any atom is -0.288 e. The predicted molar refractivity (Wildman–Crippen MR) is 116 cm³/mol. The number of carbonyl (C=O) groups is 2. The van der Waals surface area contributed by atoms with E-state index in [4.69, 9.17) is 0 Å². The Kier molecular flexibility index (Phi) is 3.18. The number of amides is 2. The van der Waals surface area contributed by atoms with Crippen molar-refractivity contribution in [1.29, 1.82) is 10.5 Å². The minimum absolute atomic E-state index is 0.261. The van der Waals surface area contributed by atoms with E-state index in [0.29, 0.717) is 50.0 Å². The SMILES string of the molecule is CCc1cccc2c3c4c(c5c6ccccc6n(C#N)c5c3n(C#N)c12)C(=O)NC4=O. The lowest BCUT2D eigenvalue weighted by Crippen LogP contribution is -2.20. The Morgan fingerprint density at radius 3 is 2.10 bits per heavy atom. The second-order valence-corrected chi connectivity index (χ2v) is 7.54. The Bertz CT molecular complexity index is 1750. The topological polar surface area (TPSA) is 104 Å². The Balaban J connectivity index is 2.11. The molecule has 146 valence electrons. The van der Waals surface area contributed by atoms with Gasteiger partial charge in [0.25, 0.3) is 11.8 Å². The third-order valence-corrected chi connectivity index (χ3v) is 6.18. The van der Waals surface area contributed by atoms with Crippen molar-refractivity contribution in [3.05, 3.63) is 59.2 Å². The molecular formula is C24H13N5O2. The van der Waals surface area contributed by atoms with Gasteiger partial charge in [0.1, 0.15) is 0 Å². The highest BCUT2D eigenvalue weighted by Gasteiger charge is 2.37. The van der Waals surface area contributed by atoms with E-state index in [1.54, 1.807) is 6.07 Å². The number of aromatic nitrogens is 2. The van der Waals surface area contributed by atoms with Crippen molar-refractivity contribution in [2.75, 3.05) is 0 Å². The van der Waals surface area contributed by atoms with E-state index in [9.17, 15) is 20.1 Å². The molecule has 3 heterocycles. The molecule has 7 nitrogen and oxygen atoms in total. The van der Waals surface area contributed by atoms with Gasteiger partial charge in [-0.15, -0.1) is 0 Å². The van der Waals surface area contributed by atoms with Crippen molar-refractivity contribution in [3.8, 4) is 12.4 Å². The lowest BCUT2D eigenvalue weighted by Gasteiger charge is -2.05. The van der Waals surface area contributed by atoms with Gasteiger partial charge in [-0.25, -0.2) is 9.13 Å². The molecule has 3 aromatic carbocycles. The highest BCUT2D eigenvalue weighted by Crippen LogP contribution is 2.44. The van der Waals surface area contributed by atoms with E-state index in [1.807, 2.05) is 43.3 Å². The van der Waals surface area contributed by atoms with Crippen LogP contribution in [0.4, 0.5) is 0 Å². The molecule has 1 aliphatic heterocycles. The second-order valence-electron chi connectivity index (χ2n) is 7.54. The molecule has 0 aliphatic carbocycles. The molecule has 0 radical (unpaired) electrons. The van der Waals surface area contributed by atoms with Crippen molar-refractivity contribution in [3.63, 3.8) is 0 Å². The first-order valence-electron chi connectivity index (χ1n) is 9.83. The molecule has 0 saturated carbocycles. The molecule has 5 aromatic rings. The summed E-state index contributed by atoms with van der Waals surface area (Å²) >= 11 is 0. The van der Waals surface area contributed by atoms with Crippen LogP contribution in [0.25, 0.3) is 43.6 Å². The van der Waals surface area contributed by atoms with Gasteiger partial charge < -0.3 is 0 Å². The van der Waals surface area contributed by atoms with Crippen LogP contribution in [0.3, 0.4) is 0 Å². The number of para-hydroxylation sites is 2. The van der Waals surface area contributed by atoms with Gasteiger partial charge in [-0.1, -0.05) is 43.3 Å². The standard InChI is InChI=1S/C24H13N5O2/c1-2-12-6-5-8-14-17-19-18(23(30)27-24(19)31)16-13-7-3-4-9-15(13)28(10-25)21(16)22(17)29(11-26)20(12)14/h3-9H,2H2,1H3,(H,27,30,31). The third kappa shape index (κ3) is 1.86. The number of hydrogen-bond donors (Lipinski definition) is 1. The van der Waals surface area contributed by atoms with Crippen LogP contribution in [-0.4, -0.2) is 20.9 Å². The first-order valence-corrected chi connectivity index (χ1v) is 9.83. The fourth-order valence-corrected chi connectivity index (χ4v) is 5.02. The van der Waals surface area contributed by atoms with Crippen molar-refractivity contribution in [2.45, 2.75) is 13.3 Å². The van der Waals surface area contributed by atoms with Gasteiger partial charge in [-0.3, -0.25) is 14.9 Å². The summed E-state index contributed by atoms with van der Waals surface area (Å²) in [5.74, 6) is -0.975. The fourth-order valence-electron chi connectivity index (χ4n) is 5.02. The van der Waals surface area contributed by atoms with Crippen molar-refractivity contribution in [1.82, 2.24) is 14.5 Å². The monoisotopic (exact) mass is 403 g/mol. The van der Waals surface area contributed by atoms with Gasteiger partial charge >= 0.3 is 0 Å². The molecule has 2 amide bonds. The number of aryl methyl sites for hydroxylation is 1. The number of carbonyl (C=O) groups excluding carboxylic acids is 2. The summed E-state index contributed by atoms with van der Waals surface area (Å²) in [6, 6.07) is 12.9. The quantitative estimate of drug-likeness (QED) is 0.427. The molecule has 0 bridgehead atoms. The number of nitrogens with one attached hydrogen (secondary N) is 1. The van der Waals surface area contributed by atoms with Crippen LogP contribution in [0.15, 0.2) is 42.5 Å². The molecule has 2 aromatic heterocycles. The zero-order chi connectivity index (χ0) is 21.4. The highest BCUT2D eigenvalue weighted by atomic mass is 16.2.